The van der Waals surface area contributed by atoms with E-state index in [0.29, 0.717) is 22.8 Å². The first kappa shape index (κ1) is 26.8. The van der Waals surface area contributed by atoms with Crippen molar-refractivity contribution in [1.82, 2.24) is 14.3 Å². The standard InChI is InChI=1S/C28H28N4O5S/c1-19-12-13-24(37-3)25(14-19)38(35,36)32(17-21-8-5-4-6-9-21)18-27(34)30-23-11-7-10-22(16-23)28-29-20(2)15-26(33)31-28/h4-16H,17-18H2,1-3H3,(H,30,34)(H,29,31,33). The molecule has 2 N–H and O–H groups in total. The zero-order valence-corrected chi connectivity index (χ0v) is 22.1. The van der Waals surface area contributed by atoms with Crippen LogP contribution in [0, 0.1) is 13.8 Å². The Morgan fingerprint density at radius 3 is 2.47 bits per heavy atom. The van der Waals surface area contributed by atoms with Crippen LogP contribution in [0.5, 0.6) is 5.75 Å². The molecule has 4 aromatic rings. The van der Waals surface area contributed by atoms with E-state index in [1.807, 2.05) is 18.2 Å². The third-order valence-corrected chi connectivity index (χ3v) is 7.56. The number of sulfonamides is 1. The molecule has 0 spiro atoms. The van der Waals surface area contributed by atoms with E-state index in [9.17, 15) is 18.0 Å². The van der Waals surface area contributed by atoms with Gasteiger partial charge in [0.2, 0.25) is 15.9 Å². The number of hydrogen-bond donors (Lipinski definition) is 2. The number of nitrogens with zero attached hydrogens (tertiary/aromatic N) is 2. The number of aryl methyl sites for hydroxylation is 2. The minimum Gasteiger partial charge on any atom is -0.495 e. The van der Waals surface area contributed by atoms with Gasteiger partial charge in [-0.3, -0.25) is 9.59 Å². The first-order valence-corrected chi connectivity index (χ1v) is 13.3. The van der Waals surface area contributed by atoms with Crippen LogP contribution in [0.4, 0.5) is 5.69 Å². The Kier molecular flexibility index (Phi) is 8.04. The van der Waals surface area contributed by atoms with Gasteiger partial charge in [0, 0.05) is 29.6 Å². The third kappa shape index (κ3) is 6.34. The number of aromatic nitrogens is 2. The van der Waals surface area contributed by atoms with Crippen LogP contribution in [0.25, 0.3) is 11.4 Å². The summed E-state index contributed by atoms with van der Waals surface area (Å²) in [6.07, 6.45) is 0. The topological polar surface area (TPSA) is 121 Å². The van der Waals surface area contributed by atoms with E-state index in [-0.39, 0.29) is 22.7 Å². The molecule has 0 atom stereocenters. The summed E-state index contributed by atoms with van der Waals surface area (Å²) in [7, 11) is -2.71. The predicted octanol–water partition coefficient (Wildman–Crippen LogP) is 3.89. The summed E-state index contributed by atoms with van der Waals surface area (Å²) in [5.41, 5.74) is 2.78. The summed E-state index contributed by atoms with van der Waals surface area (Å²) >= 11 is 0. The molecule has 9 nitrogen and oxygen atoms in total. The zero-order chi connectivity index (χ0) is 27.3. The van der Waals surface area contributed by atoms with Gasteiger partial charge >= 0.3 is 0 Å². The Balaban J connectivity index is 1.63. The van der Waals surface area contributed by atoms with Crippen molar-refractivity contribution in [3.63, 3.8) is 0 Å². The van der Waals surface area contributed by atoms with Gasteiger partial charge in [0.05, 0.1) is 13.7 Å². The van der Waals surface area contributed by atoms with E-state index in [0.717, 1.165) is 15.4 Å². The van der Waals surface area contributed by atoms with Crippen molar-refractivity contribution in [2.45, 2.75) is 25.3 Å². The molecule has 4 rings (SSSR count). The highest BCUT2D eigenvalue weighted by Gasteiger charge is 2.30. The lowest BCUT2D eigenvalue weighted by molar-refractivity contribution is -0.116. The Morgan fingerprint density at radius 1 is 1.00 bits per heavy atom. The maximum absolute atomic E-state index is 13.8. The van der Waals surface area contributed by atoms with Crippen molar-refractivity contribution in [2.75, 3.05) is 19.0 Å². The van der Waals surface area contributed by atoms with Gasteiger partial charge in [-0.25, -0.2) is 13.4 Å². The number of aromatic amines is 1. The van der Waals surface area contributed by atoms with Crippen molar-refractivity contribution < 1.29 is 17.9 Å². The lowest BCUT2D eigenvalue weighted by Crippen LogP contribution is -2.37. The number of ether oxygens (including phenoxy) is 1. The number of rotatable bonds is 9. The summed E-state index contributed by atoms with van der Waals surface area (Å²) in [4.78, 5) is 32.0. The van der Waals surface area contributed by atoms with Crippen LogP contribution < -0.4 is 15.6 Å². The van der Waals surface area contributed by atoms with Crippen molar-refractivity contribution in [3.8, 4) is 17.1 Å². The average Bonchev–Trinajstić information content (AvgIpc) is 2.88. The van der Waals surface area contributed by atoms with Crippen LogP contribution in [0.1, 0.15) is 16.8 Å². The van der Waals surface area contributed by atoms with E-state index < -0.39 is 22.5 Å². The summed E-state index contributed by atoms with van der Waals surface area (Å²) in [6, 6.07) is 22.1. The summed E-state index contributed by atoms with van der Waals surface area (Å²) in [6.45, 7) is 3.06. The lowest BCUT2D eigenvalue weighted by atomic mass is 10.2. The van der Waals surface area contributed by atoms with Crippen molar-refractivity contribution in [2.24, 2.45) is 0 Å². The largest absolute Gasteiger partial charge is 0.495 e. The molecule has 38 heavy (non-hydrogen) atoms. The molecular weight excluding hydrogens is 504 g/mol. The molecule has 3 aromatic carbocycles. The highest BCUT2D eigenvalue weighted by molar-refractivity contribution is 7.89. The molecule has 196 valence electrons. The van der Waals surface area contributed by atoms with Gasteiger partial charge in [-0.2, -0.15) is 4.31 Å². The highest BCUT2D eigenvalue weighted by atomic mass is 32.2. The van der Waals surface area contributed by atoms with Crippen LogP contribution in [0.15, 0.2) is 88.6 Å². The molecular formula is C28H28N4O5S. The van der Waals surface area contributed by atoms with E-state index in [2.05, 4.69) is 15.3 Å². The number of amides is 1. The second-order valence-corrected chi connectivity index (χ2v) is 10.7. The minimum atomic E-state index is -4.11. The number of methoxy groups -OCH3 is 1. The molecule has 0 aliphatic rings. The SMILES string of the molecule is COc1ccc(C)cc1S(=O)(=O)N(CC(=O)Nc1cccc(-c2nc(C)cc(=O)[nH]2)c1)Cc1ccccc1. The van der Waals surface area contributed by atoms with E-state index in [4.69, 9.17) is 4.74 Å². The number of carbonyl (C=O) groups excluding carboxylic acids is 1. The van der Waals surface area contributed by atoms with Gasteiger partial charge in [0.25, 0.3) is 5.56 Å². The molecule has 0 aliphatic heterocycles. The number of H-pyrrole nitrogens is 1. The molecule has 10 heteroatoms. The number of hydrogen-bond acceptors (Lipinski definition) is 6. The summed E-state index contributed by atoms with van der Waals surface area (Å²) in [5, 5.41) is 2.77. The fourth-order valence-electron chi connectivity index (χ4n) is 3.96. The van der Waals surface area contributed by atoms with Crippen LogP contribution >= 0.6 is 0 Å². The van der Waals surface area contributed by atoms with Crippen LogP contribution in [0.3, 0.4) is 0 Å². The minimum absolute atomic E-state index is 0.0117. The Hall–Kier alpha value is -4.28. The smallest absolute Gasteiger partial charge is 0.251 e. The molecule has 0 radical (unpaired) electrons. The first-order chi connectivity index (χ1) is 18.2. The maximum atomic E-state index is 13.8. The number of carbonyl (C=O) groups is 1. The lowest BCUT2D eigenvalue weighted by Gasteiger charge is -2.23. The third-order valence-electron chi connectivity index (χ3n) is 5.75. The monoisotopic (exact) mass is 532 g/mol. The second kappa shape index (κ2) is 11.4. The molecule has 0 saturated heterocycles. The van der Waals surface area contributed by atoms with Crippen molar-refractivity contribution in [1.29, 1.82) is 0 Å². The van der Waals surface area contributed by atoms with Gasteiger partial charge in [-0.15, -0.1) is 0 Å². The van der Waals surface area contributed by atoms with Gasteiger partial charge in [0.1, 0.15) is 16.5 Å². The number of anilines is 1. The summed E-state index contributed by atoms with van der Waals surface area (Å²) < 4.78 is 34.0. The van der Waals surface area contributed by atoms with E-state index >= 15 is 0 Å². The Labute approximate surface area is 221 Å². The average molecular weight is 533 g/mol. The summed E-state index contributed by atoms with van der Waals surface area (Å²) in [5.74, 6) is 0.0336. The normalized spacial score (nSPS) is 11.4. The molecule has 0 saturated carbocycles. The number of nitrogens with one attached hydrogen (secondary N) is 2. The van der Waals surface area contributed by atoms with Gasteiger partial charge < -0.3 is 15.0 Å². The molecule has 0 fully saturated rings. The van der Waals surface area contributed by atoms with Gasteiger partial charge in [-0.1, -0.05) is 48.5 Å². The highest BCUT2D eigenvalue weighted by Crippen LogP contribution is 2.29. The van der Waals surface area contributed by atoms with Crippen LogP contribution in [0.2, 0.25) is 0 Å². The van der Waals surface area contributed by atoms with E-state index in [1.54, 1.807) is 62.4 Å². The van der Waals surface area contributed by atoms with Crippen LogP contribution in [-0.4, -0.2) is 42.3 Å². The quantitative estimate of drug-likeness (QED) is 0.337. The Morgan fingerprint density at radius 2 is 1.76 bits per heavy atom. The molecule has 0 bridgehead atoms. The zero-order valence-electron chi connectivity index (χ0n) is 21.3. The fourth-order valence-corrected chi connectivity index (χ4v) is 5.58. The Bertz CT molecular complexity index is 1620. The molecule has 0 unspecified atom stereocenters. The van der Waals surface area contributed by atoms with Gasteiger partial charge in [-0.05, 0) is 49.2 Å². The first-order valence-electron chi connectivity index (χ1n) is 11.8. The molecule has 1 aromatic heterocycles. The second-order valence-electron chi connectivity index (χ2n) is 8.78. The maximum Gasteiger partial charge on any atom is 0.251 e. The molecule has 1 amide bonds. The fraction of sp³-hybridized carbons (Fsp3) is 0.179. The van der Waals surface area contributed by atoms with Gasteiger partial charge in [0.15, 0.2) is 0 Å². The molecule has 0 aliphatic carbocycles. The number of benzene rings is 3. The molecule has 1 heterocycles. The van der Waals surface area contributed by atoms with Crippen molar-refractivity contribution in [3.05, 3.63) is 106 Å². The van der Waals surface area contributed by atoms with Crippen LogP contribution in [-0.2, 0) is 21.4 Å². The predicted molar refractivity (Wildman–Crippen MR) is 145 cm³/mol. The van der Waals surface area contributed by atoms with Crippen molar-refractivity contribution >= 4 is 21.6 Å². The van der Waals surface area contributed by atoms with E-state index in [1.165, 1.54) is 19.2 Å².